The van der Waals surface area contributed by atoms with Crippen LogP contribution in [-0.4, -0.2) is 29.8 Å². The zero-order valence-electron chi connectivity index (χ0n) is 16.9. The number of nitrogens with zero attached hydrogens (tertiary/aromatic N) is 1. The molecule has 3 rings (SSSR count). The molecule has 0 heterocycles. The van der Waals surface area contributed by atoms with Crippen LogP contribution in [0.2, 0.25) is 0 Å². The zero-order valence-corrected chi connectivity index (χ0v) is 16.9. The lowest BCUT2D eigenvalue weighted by Crippen LogP contribution is -2.32. The van der Waals surface area contributed by atoms with Crippen LogP contribution in [0.1, 0.15) is 32.7 Å². The second kappa shape index (κ2) is 10.4. The molecule has 0 saturated heterocycles. The molecule has 160 valence electrons. The van der Waals surface area contributed by atoms with Crippen molar-refractivity contribution < 1.29 is 18.4 Å². The highest BCUT2D eigenvalue weighted by Crippen LogP contribution is 2.16. The van der Waals surface area contributed by atoms with Gasteiger partial charge in [0, 0.05) is 29.9 Å². The molecule has 3 aromatic rings. The van der Waals surface area contributed by atoms with Crippen molar-refractivity contribution in [3.63, 3.8) is 0 Å². The van der Waals surface area contributed by atoms with Gasteiger partial charge in [-0.05, 0) is 67.1 Å². The van der Waals surface area contributed by atoms with E-state index in [-0.39, 0.29) is 17.0 Å². The highest BCUT2D eigenvalue weighted by molar-refractivity contribution is 6.04. The van der Waals surface area contributed by atoms with E-state index >= 15 is 0 Å². The van der Waals surface area contributed by atoms with E-state index in [4.69, 9.17) is 5.73 Å². The summed E-state index contributed by atoms with van der Waals surface area (Å²) in [6, 6.07) is 18.0. The van der Waals surface area contributed by atoms with Crippen molar-refractivity contribution in [2.75, 3.05) is 18.4 Å². The largest absolute Gasteiger partial charge is 0.334 e. The third-order valence-corrected chi connectivity index (χ3v) is 4.66. The zero-order chi connectivity index (χ0) is 22.2. The number of anilines is 1. The fourth-order valence-electron chi connectivity index (χ4n) is 3.09. The number of hydrogen-bond acceptors (Lipinski definition) is 3. The second-order valence-electron chi connectivity index (χ2n) is 7.04. The molecule has 7 heteroatoms. The average Bonchev–Trinajstić information content (AvgIpc) is 2.77. The lowest BCUT2D eigenvalue weighted by atomic mass is 10.1. The molecule has 0 aliphatic heterocycles. The molecule has 0 radical (unpaired) electrons. The van der Waals surface area contributed by atoms with E-state index < -0.39 is 17.5 Å². The molecule has 2 amide bonds. The van der Waals surface area contributed by atoms with Crippen molar-refractivity contribution in [3.05, 3.63) is 101 Å². The Bertz CT molecular complexity index is 1050. The smallest absolute Gasteiger partial charge is 0.255 e. The number of hydrogen-bond donors (Lipinski definition) is 2. The first-order valence-corrected chi connectivity index (χ1v) is 9.87. The molecular weight excluding hydrogens is 400 g/mol. The van der Waals surface area contributed by atoms with E-state index in [0.29, 0.717) is 31.7 Å². The Labute approximate surface area is 179 Å². The van der Waals surface area contributed by atoms with Gasteiger partial charge >= 0.3 is 0 Å². The maximum atomic E-state index is 13.5. The van der Waals surface area contributed by atoms with E-state index in [0.717, 1.165) is 11.6 Å². The number of carbonyl (C=O) groups excluding carboxylic acids is 2. The summed E-state index contributed by atoms with van der Waals surface area (Å²) in [6.45, 7) is 1.18. The Morgan fingerprint density at radius 2 is 1.48 bits per heavy atom. The van der Waals surface area contributed by atoms with Gasteiger partial charge in [0.15, 0.2) is 0 Å². The number of amides is 2. The van der Waals surface area contributed by atoms with E-state index in [1.165, 1.54) is 36.4 Å². The first kappa shape index (κ1) is 22.1. The van der Waals surface area contributed by atoms with Gasteiger partial charge in [0.1, 0.15) is 11.6 Å². The minimum Gasteiger partial charge on any atom is -0.334 e. The number of halogens is 2. The number of nitrogens with two attached hydrogens (primary N) is 1. The monoisotopic (exact) mass is 423 g/mol. The third kappa shape index (κ3) is 6.20. The molecule has 0 aromatic heterocycles. The molecule has 5 nitrogen and oxygen atoms in total. The highest BCUT2D eigenvalue weighted by atomic mass is 19.1. The number of benzene rings is 3. The average molecular weight is 423 g/mol. The lowest BCUT2D eigenvalue weighted by molar-refractivity contribution is 0.0741. The van der Waals surface area contributed by atoms with Crippen LogP contribution in [0.25, 0.3) is 0 Å². The van der Waals surface area contributed by atoms with Gasteiger partial charge in [-0.3, -0.25) is 9.59 Å². The Hall–Kier alpha value is -3.58. The molecule has 3 N–H and O–H groups in total. The van der Waals surface area contributed by atoms with Crippen LogP contribution in [0.15, 0.2) is 72.8 Å². The summed E-state index contributed by atoms with van der Waals surface area (Å²) in [4.78, 5) is 26.7. The summed E-state index contributed by atoms with van der Waals surface area (Å²) in [7, 11) is 0. The molecule has 31 heavy (non-hydrogen) atoms. The predicted molar refractivity (Wildman–Crippen MR) is 116 cm³/mol. The maximum Gasteiger partial charge on any atom is 0.255 e. The summed E-state index contributed by atoms with van der Waals surface area (Å²) in [5.41, 5.74) is 7.47. The third-order valence-electron chi connectivity index (χ3n) is 4.66. The van der Waals surface area contributed by atoms with Crippen LogP contribution in [0.4, 0.5) is 14.5 Å². The summed E-state index contributed by atoms with van der Waals surface area (Å²) < 4.78 is 26.8. The number of nitrogens with one attached hydrogen (secondary N) is 1. The van der Waals surface area contributed by atoms with Crippen molar-refractivity contribution in [2.45, 2.75) is 13.0 Å². The van der Waals surface area contributed by atoms with E-state index in [2.05, 4.69) is 5.32 Å². The summed E-state index contributed by atoms with van der Waals surface area (Å²) in [6.07, 6.45) is 0.614. The predicted octanol–water partition coefficient (Wildman–Crippen LogP) is 4.21. The first-order chi connectivity index (χ1) is 15.0. The molecule has 0 unspecified atom stereocenters. The van der Waals surface area contributed by atoms with Gasteiger partial charge in [0.2, 0.25) is 0 Å². The van der Waals surface area contributed by atoms with E-state index in [1.807, 2.05) is 0 Å². The van der Waals surface area contributed by atoms with Gasteiger partial charge in [-0.25, -0.2) is 8.78 Å². The van der Waals surface area contributed by atoms with Gasteiger partial charge in [0.25, 0.3) is 11.8 Å². The van der Waals surface area contributed by atoms with Gasteiger partial charge in [-0.1, -0.05) is 24.3 Å². The Balaban J connectivity index is 1.69. The van der Waals surface area contributed by atoms with Crippen LogP contribution in [0, 0.1) is 11.6 Å². The topological polar surface area (TPSA) is 75.4 Å². The van der Waals surface area contributed by atoms with E-state index in [1.54, 1.807) is 35.2 Å². The Kier molecular flexibility index (Phi) is 7.45. The van der Waals surface area contributed by atoms with Crippen LogP contribution < -0.4 is 11.1 Å². The van der Waals surface area contributed by atoms with Crippen LogP contribution >= 0.6 is 0 Å². The highest BCUT2D eigenvalue weighted by Gasteiger charge is 2.16. The number of carbonyl (C=O) groups is 2. The van der Waals surface area contributed by atoms with Crippen LogP contribution in [0.3, 0.4) is 0 Å². The molecule has 0 saturated carbocycles. The molecule has 3 aromatic carbocycles. The fourth-order valence-corrected chi connectivity index (χ4v) is 3.09. The molecule has 0 bridgehead atoms. The van der Waals surface area contributed by atoms with Gasteiger partial charge < -0.3 is 16.0 Å². The van der Waals surface area contributed by atoms with Gasteiger partial charge in [-0.15, -0.1) is 0 Å². The SMILES string of the molecule is NCCCN(Cc1ccc(NC(=O)c2cccc(F)c2)cc1)C(=O)c1cccc(F)c1. The van der Waals surface area contributed by atoms with Gasteiger partial charge in [0.05, 0.1) is 0 Å². The van der Waals surface area contributed by atoms with E-state index in [9.17, 15) is 18.4 Å². The summed E-state index contributed by atoms with van der Waals surface area (Å²) in [5, 5.41) is 2.71. The summed E-state index contributed by atoms with van der Waals surface area (Å²) >= 11 is 0. The Morgan fingerprint density at radius 3 is 2.10 bits per heavy atom. The minimum atomic E-state index is -0.483. The number of rotatable bonds is 8. The quantitative estimate of drug-likeness (QED) is 0.570. The second-order valence-corrected chi connectivity index (χ2v) is 7.04. The molecule has 0 aliphatic carbocycles. The Morgan fingerprint density at radius 1 is 0.871 bits per heavy atom. The minimum absolute atomic E-state index is 0.220. The van der Waals surface area contributed by atoms with Crippen molar-refractivity contribution in [3.8, 4) is 0 Å². The molecule has 0 aliphatic rings. The van der Waals surface area contributed by atoms with Gasteiger partial charge in [-0.2, -0.15) is 0 Å². The first-order valence-electron chi connectivity index (χ1n) is 9.87. The van der Waals surface area contributed by atoms with Crippen LogP contribution in [-0.2, 0) is 6.54 Å². The van der Waals surface area contributed by atoms with Crippen LogP contribution in [0.5, 0.6) is 0 Å². The summed E-state index contributed by atoms with van der Waals surface area (Å²) in [5.74, 6) is -1.65. The van der Waals surface area contributed by atoms with Crippen molar-refractivity contribution in [1.82, 2.24) is 4.90 Å². The molecular formula is C24H23F2N3O2. The van der Waals surface area contributed by atoms with Crippen molar-refractivity contribution >= 4 is 17.5 Å². The standard InChI is InChI=1S/C24H23F2N3O2/c25-20-6-1-4-18(14-20)23(30)28-22-10-8-17(9-11-22)16-29(13-3-12-27)24(31)19-5-2-7-21(26)15-19/h1-2,4-11,14-15H,3,12-13,16,27H2,(H,28,30). The molecule has 0 fully saturated rings. The van der Waals surface area contributed by atoms with Crippen molar-refractivity contribution in [2.24, 2.45) is 5.73 Å². The lowest BCUT2D eigenvalue weighted by Gasteiger charge is -2.23. The maximum absolute atomic E-state index is 13.5. The normalized spacial score (nSPS) is 10.5. The van der Waals surface area contributed by atoms with Crippen molar-refractivity contribution in [1.29, 1.82) is 0 Å². The molecule has 0 atom stereocenters. The molecule has 0 spiro atoms. The fraction of sp³-hybridized carbons (Fsp3) is 0.167.